The van der Waals surface area contributed by atoms with Crippen molar-refractivity contribution in [2.45, 2.75) is 26.8 Å². The van der Waals surface area contributed by atoms with E-state index in [9.17, 15) is 5.26 Å². The Morgan fingerprint density at radius 3 is 2.58 bits per heavy atom. The van der Waals surface area contributed by atoms with Crippen LogP contribution in [0, 0.1) is 11.3 Å². The van der Waals surface area contributed by atoms with E-state index in [4.69, 9.17) is 4.74 Å². The summed E-state index contributed by atoms with van der Waals surface area (Å²) in [4.78, 5) is 0. The first-order valence-electron chi connectivity index (χ1n) is 8.13. The van der Waals surface area contributed by atoms with E-state index in [1.807, 2.05) is 31.2 Å². The van der Waals surface area contributed by atoms with Crippen molar-refractivity contribution < 1.29 is 4.74 Å². The van der Waals surface area contributed by atoms with Crippen LogP contribution >= 0.6 is 15.9 Å². The summed E-state index contributed by atoms with van der Waals surface area (Å²) < 4.78 is 8.78. The molecule has 0 saturated carbocycles. The number of benzene rings is 1. The third-order valence-electron chi connectivity index (χ3n) is 4.12. The molecule has 3 nitrogen and oxygen atoms in total. The molecule has 122 valence electrons. The Bertz CT molecular complexity index is 943. The number of nitrogens with zero attached hydrogens (tertiary/aromatic N) is 2. The van der Waals surface area contributed by atoms with Gasteiger partial charge in [-0.2, -0.15) is 5.26 Å². The number of hydrogen-bond donors (Lipinski definition) is 0. The van der Waals surface area contributed by atoms with E-state index in [1.54, 1.807) is 0 Å². The third kappa shape index (κ3) is 2.92. The van der Waals surface area contributed by atoms with Crippen molar-refractivity contribution in [3.63, 3.8) is 0 Å². The highest BCUT2D eigenvalue weighted by molar-refractivity contribution is 9.12. The molecule has 4 heteroatoms. The Hall–Kier alpha value is -2.25. The molecule has 3 rings (SSSR count). The van der Waals surface area contributed by atoms with Crippen molar-refractivity contribution in [1.82, 2.24) is 4.57 Å². The van der Waals surface area contributed by atoms with Crippen molar-refractivity contribution in [2.75, 3.05) is 6.61 Å². The van der Waals surface area contributed by atoms with Crippen molar-refractivity contribution in [2.24, 2.45) is 0 Å². The Kier molecular flexibility index (Phi) is 4.92. The lowest BCUT2D eigenvalue weighted by atomic mass is 10.1. The average molecular weight is 383 g/mol. The molecule has 0 spiro atoms. The zero-order valence-electron chi connectivity index (χ0n) is 13.8. The molecule has 24 heavy (non-hydrogen) atoms. The standard InChI is InChI=1S/C20H19BrN2O/c1-3-23-19-12-15(21)6-5-7-17(19)18(13-22)20(23)14-8-10-16(11-9-14)24-4-2/h6-12H,3-5H2,1-2H3. The fraction of sp³-hybridized carbons (Fsp3) is 0.250. The van der Waals surface area contributed by atoms with Crippen LogP contribution in [0.4, 0.5) is 0 Å². The lowest BCUT2D eigenvalue weighted by Crippen LogP contribution is -2.29. The van der Waals surface area contributed by atoms with Crippen LogP contribution < -0.4 is 15.3 Å². The molecule has 1 aromatic heterocycles. The van der Waals surface area contributed by atoms with E-state index in [0.29, 0.717) is 6.61 Å². The highest BCUT2D eigenvalue weighted by Gasteiger charge is 2.16. The van der Waals surface area contributed by atoms with Crippen LogP contribution in [0.1, 0.15) is 25.8 Å². The van der Waals surface area contributed by atoms with Crippen molar-refractivity contribution in [3.05, 3.63) is 51.0 Å². The number of allylic oxidation sites excluding steroid dienone is 2. The number of rotatable bonds is 4. The largest absolute Gasteiger partial charge is 0.494 e. The molecule has 0 radical (unpaired) electrons. The molecule has 2 aromatic rings. The fourth-order valence-corrected chi connectivity index (χ4v) is 3.52. The second kappa shape index (κ2) is 7.11. The summed E-state index contributed by atoms with van der Waals surface area (Å²) in [6.07, 6.45) is 7.15. The summed E-state index contributed by atoms with van der Waals surface area (Å²) in [5.41, 5.74) is 2.75. The molecular formula is C20H19BrN2O. The van der Waals surface area contributed by atoms with Gasteiger partial charge in [0.25, 0.3) is 0 Å². The predicted octanol–water partition coefficient (Wildman–Crippen LogP) is 3.69. The first-order valence-corrected chi connectivity index (χ1v) is 8.92. The molecule has 1 aliphatic carbocycles. The Morgan fingerprint density at radius 2 is 1.96 bits per heavy atom. The van der Waals surface area contributed by atoms with Gasteiger partial charge in [-0.25, -0.2) is 0 Å². The van der Waals surface area contributed by atoms with Gasteiger partial charge in [-0.15, -0.1) is 0 Å². The SMILES string of the molecule is CCOc1ccc(-c2c(C#N)c3c(n2CC)=CC(Br)=CCC=3)cc1. The van der Waals surface area contributed by atoms with Crippen molar-refractivity contribution >= 4 is 28.1 Å². The van der Waals surface area contributed by atoms with Crippen LogP contribution in [-0.2, 0) is 6.54 Å². The number of hydrogen-bond acceptors (Lipinski definition) is 2. The van der Waals surface area contributed by atoms with E-state index in [1.165, 1.54) is 0 Å². The molecule has 1 aromatic carbocycles. The molecule has 0 unspecified atom stereocenters. The highest BCUT2D eigenvalue weighted by Crippen LogP contribution is 2.24. The average Bonchev–Trinajstić information content (AvgIpc) is 2.75. The smallest absolute Gasteiger partial charge is 0.119 e. The number of fused-ring (bicyclic) bond motifs is 1. The van der Waals surface area contributed by atoms with Gasteiger partial charge in [0.15, 0.2) is 0 Å². The first kappa shape index (κ1) is 16.6. The van der Waals surface area contributed by atoms with Gasteiger partial charge >= 0.3 is 0 Å². The maximum atomic E-state index is 9.79. The molecule has 1 aliphatic rings. The van der Waals surface area contributed by atoms with Crippen LogP contribution in [0.5, 0.6) is 5.75 Å². The van der Waals surface area contributed by atoms with Crippen LogP contribution in [0.2, 0.25) is 0 Å². The van der Waals surface area contributed by atoms with Gasteiger partial charge in [0.2, 0.25) is 0 Å². The van der Waals surface area contributed by atoms with Gasteiger partial charge in [-0.05, 0) is 56.2 Å². The van der Waals surface area contributed by atoms with Crippen LogP contribution in [0.15, 0.2) is 34.8 Å². The third-order valence-corrected chi connectivity index (χ3v) is 4.67. The predicted molar refractivity (Wildman–Crippen MR) is 101 cm³/mol. The number of aromatic nitrogens is 1. The van der Waals surface area contributed by atoms with Crippen molar-refractivity contribution in [3.8, 4) is 23.1 Å². The maximum Gasteiger partial charge on any atom is 0.119 e. The van der Waals surface area contributed by atoms with Gasteiger partial charge in [0, 0.05) is 16.2 Å². The minimum Gasteiger partial charge on any atom is -0.494 e. The Morgan fingerprint density at radius 1 is 1.21 bits per heavy atom. The molecule has 0 amide bonds. The topological polar surface area (TPSA) is 37.9 Å². The second-order valence-corrected chi connectivity index (χ2v) is 6.42. The van der Waals surface area contributed by atoms with Crippen LogP contribution in [-0.4, -0.2) is 11.2 Å². The summed E-state index contributed by atoms with van der Waals surface area (Å²) in [6.45, 7) is 5.53. The molecule has 0 fully saturated rings. The van der Waals surface area contributed by atoms with Crippen molar-refractivity contribution in [1.29, 1.82) is 5.26 Å². The molecule has 0 N–H and O–H groups in total. The summed E-state index contributed by atoms with van der Waals surface area (Å²) >= 11 is 3.58. The fourth-order valence-electron chi connectivity index (χ4n) is 3.12. The second-order valence-electron chi connectivity index (χ2n) is 5.51. The normalized spacial score (nSPS) is 13.0. The number of ether oxygens (including phenoxy) is 1. The maximum absolute atomic E-state index is 9.79. The number of nitriles is 1. The van der Waals surface area contributed by atoms with Gasteiger partial charge < -0.3 is 9.30 Å². The zero-order valence-corrected chi connectivity index (χ0v) is 15.4. The van der Waals surface area contributed by atoms with E-state index in [-0.39, 0.29) is 0 Å². The number of halogens is 1. The van der Waals surface area contributed by atoms with E-state index < -0.39 is 0 Å². The first-order chi connectivity index (χ1) is 11.7. The minimum atomic E-state index is 0.646. The quantitative estimate of drug-likeness (QED) is 0.808. The Balaban J connectivity index is 2.28. The molecule has 0 bridgehead atoms. The molecule has 0 aliphatic heterocycles. The zero-order chi connectivity index (χ0) is 17.1. The van der Waals surface area contributed by atoms with Gasteiger partial charge in [0.1, 0.15) is 11.8 Å². The Labute approximate surface area is 150 Å². The molecule has 1 heterocycles. The van der Waals surface area contributed by atoms with Gasteiger partial charge in [-0.1, -0.05) is 28.1 Å². The summed E-state index contributed by atoms with van der Waals surface area (Å²) in [7, 11) is 0. The molecular weight excluding hydrogens is 364 g/mol. The van der Waals surface area contributed by atoms with Crippen LogP contribution in [0.3, 0.4) is 0 Å². The monoisotopic (exact) mass is 382 g/mol. The minimum absolute atomic E-state index is 0.646. The lowest BCUT2D eigenvalue weighted by molar-refractivity contribution is 0.340. The van der Waals surface area contributed by atoms with E-state index in [2.05, 4.69) is 51.7 Å². The highest BCUT2D eigenvalue weighted by atomic mass is 79.9. The summed E-state index contributed by atoms with van der Waals surface area (Å²) in [6, 6.07) is 10.4. The van der Waals surface area contributed by atoms with Gasteiger partial charge in [-0.3, -0.25) is 0 Å². The van der Waals surface area contributed by atoms with Gasteiger partial charge in [0.05, 0.1) is 23.2 Å². The van der Waals surface area contributed by atoms with E-state index in [0.717, 1.165) is 50.6 Å². The summed E-state index contributed by atoms with van der Waals surface area (Å²) in [5, 5.41) is 11.9. The van der Waals surface area contributed by atoms with E-state index >= 15 is 0 Å². The van der Waals surface area contributed by atoms with Crippen LogP contribution in [0.25, 0.3) is 23.4 Å². The summed E-state index contributed by atoms with van der Waals surface area (Å²) in [5.74, 6) is 0.847. The molecule has 0 saturated heterocycles. The molecule has 0 atom stereocenters. The lowest BCUT2D eigenvalue weighted by Gasteiger charge is -2.09.